The van der Waals surface area contributed by atoms with Crippen molar-refractivity contribution in [2.24, 2.45) is 0 Å². The van der Waals surface area contributed by atoms with E-state index >= 15 is 0 Å². The van der Waals surface area contributed by atoms with E-state index in [0.29, 0.717) is 11.1 Å². The van der Waals surface area contributed by atoms with Crippen LogP contribution in [0.25, 0.3) is 10.8 Å². The van der Waals surface area contributed by atoms with Crippen molar-refractivity contribution in [1.29, 1.82) is 0 Å². The van der Waals surface area contributed by atoms with E-state index in [2.05, 4.69) is 6.92 Å². The van der Waals surface area contributed by atoms with Crippen molar-refractivity contribution >= 4 is 22.5 Å². The molecule has 0 saturated carbocycles. The number of hydrogen-bond acceptors (Lipinski definition) is 3. The zero-order chi connectivity index (χ0) is 16.9. The highest BCUT2D eigenvalue weighted by molar-refractivity contribution is 6.00. The molecule has 3 rings (SSSR count). The molecule has 3 aromatic rings. The third kappa shape index (κ3) is 3.51. The van der Waals surface area contributed by atoms with Crippen LogP contribution in [-0.2, 0) is 11.2 Å². The molecule has 0 heterocycles. The Bertz CT molecular complexity index is 879. The van der Waals surface area contributed by atoms with Crippen LogP contribution in [0, 0.1) is 0 Å². The molecule has 0 aliphatic rings. The van der Waals surface area contributed by atoms with Crippen LogP contribution in [0.15, 0.2) is 66.7 Å². The highest BCUT2D eigenvalue weighted by Gasteiger charge is 2.12. The van der Waals surface area contributed by atoms with E-state index in [0.717, 1.165) is 17.2 Å². The lowest BCUT2D eigenvalue weighted by Gasteiger charge is -2.06. The Morgan fingerprint density at radius 2 is 1.50 bits per heavy atom. The fourth-order valence-corrected chi connectivity index (χ4v) is 2.54. The summed E-state index contributed by atoms with van der Waals surface area (Å²) in [5, 5.41) is 2.02. The number of aryl methyl sites for hydroxylation is 1. The molecule has 3 nitrogen and oxygen atoms in total. The number of ketones is 1. The Morgan fingerprint density at radius 3 is 2.21 bits per heavy atom. The normalized spacial score (nSPS) is 10.5. The molecule has 0 fully saturated rings. The molecular formula is C21H18O3. The molecule has 0 aromatic heterocycles. The quantitative estimate of drug-likeness (QED) is 0.516. The average molecular weight is 318 g/mol. The number of Topliss-reactive ketones (excluding diaryl/α,β-unsaturated/α-hetero) is 1. The number of benzene rings is 3. The van der Waals surface area contributed by atoms with E-state index in [9.17, 15) is 9.59 Å². The minimum Gasteiger partial charge on any atom is -0.454 e. The van der Waals surface area contributed by atoms with Crippen molar-refractivity contribution in [2.75, 3.05) is 6.61 Å². The molecule has 0 aliphatic heterocycles. The second-order valence-electron chi connectivity index (χ2n) is 5.61. The molecule has 120 valence electrons. The number of carbonyl (C=O) groups is 2. The molecular weight excluding hydrogens is 300 g/mol. The van der Waals surface area contributed by atoms with E-state index in [1.54, 1.807) is 24.3 Å². The van der Waals surface area contributed by atoms with Gasteiger partial charge in [-0.3, -0.25) is 4.79 Å². The number of carbonyl (C=O) groups excluding carboxylic acids is 2. The summed E-state index contributed by atoms with van der Waals surface area (Å²) < 4.78 is 5.16. The molecule has 0 amide bonds. The summed E-state index contributed by atoms with van der Waals surface area (Å²) in [6.45, 7) is 1.80. The SMILES string of the molecule is CCc1ccc(C(=O)COC(=O)c2ccc3ccccc3c2)cc1. The molecule has 0 saturated heterocycles. The molecule has 0 spiro atoms. The Labute approximate surface area is 140 Å². The van der Waals surface area contributed by atoms with Gasteiger partial charge in [-0.2, -0.15) is 0 Å². The fraction of sp³-hybridized carbons (Fsp3) is 0.143. The number of ether oxygens (including phenoxy) is 1. The first-order valence-electron chi connectivity index (χ1n) is 7.95. The molecule has 24 heavy (non-hydrogen) atoms. The molecule has 3 heteroatoms. The van der Waals surface area contributed by atoms with Crippen LogP contribution >= 0.6 is 0 Å². The fourth-order valence-electron chi connectivity index (χ4n) is 2.54. The lowest BCUT2D eigenvalue weighted by molar-refractivity contribution is 0.0475. The van der Waals surface area contributed by atoms with Crippen LogP contribution in [0.2, 0.25) is 0 Å². The maximum Gasteiger partial charge on any atom is 0.338 e. The maximum atomic E-state index is 12.2. The van der Waals surface area contributed by atoms with Gasteiger partial charge in [-0.15, -0.1) is 0 Å². The highest BCUT2D eigenvalue weighted by Crippen LogP contribution is 2.16. The summed E-state index contributed by atoms with van der Waals surface area (Å²) >= 11 is 0. The van der Waals surface area contributed by atoms with Gasteiger partial charge in [0.05, 0.1) is 5.56 Å². The predicted molar refractivity (Wildman–Crippen MR) is 94.4 cm³/mol. The van der Waals surface area contributed by atoms with Gasteiger partial charge >= 0.3 is 5.97 Å². The van der Waals surface area contributed by atoms with E-state index in [4.69, 9.17) is 4.74 Å². The second-order valence-corrected chi connectivity index (χ2v) is 5.61. The zero-order valence-corrected chi connectivity index (χ0v) is 13.5. The van der Waals surface area contributed by atoms with Crippen molar-refractivity contribution in [3.63, 3.8) is 0 Å². The van der Waals surface area contributed by atoms with Gasteiger partial charge in [0.1, 0.15) is 0 Å². The van der Waals surface area contributed by atoms with Gasteiger partial charge in [0.25, 0.3) is 0 Å². The maximum absolute atomic E-state index is 12.2. The van der Waals surface area contributed by atoms with Crippen LogP contribution in [-0.4, -0.2) is 18.4 Å². The van der Waals surface area contributed by atoms with E-state index in [1.807, 2.05) is 42.5 Å². The van der Waals surface area contributed by atoms with Crippen molar-refractivity contribution in [3.8, 4) is 0 Å². The van der Waals surface area contributed by atoms with Gasteiger partial charge in [-0.25, -0.2) is 4.79 Å². The molecule has 0 bridgehead atoms. The van der Waals surface area contributed by atoms with E-state index in [-0.39, 0.29) is 12.4 Å². The Balaban J connectivity index is 1.66. The van der Waals surface area contributed by atoms with Gasteiger partial charge in [0.2, 0.25) is 0 Å². The average Bonchev–Trinajstić information content (AvgIpc) is 2.65. The zero-order valence-electron chi connectivity index (χ0n) is 13.5. The molecule has 3 aromatic carbocycles. The van der Waals surface area contributed by atoms with Crippen molar-refractivity contribution in [3.05, 3.63) is 83.4 Å². The van der Waals surface area contributed by atoms with Crippen LogP contribution in [0.3, 0.4) is 0 Å². The molecule has 0 atom stereocenters. The highest BCUT2D eigenvalue weighted by atomic mass is 16.5. The topological polar surface area (TPSA) is 43.4 Å². The minimum atomic E-state index is -0.487. The van der Waals surface area contributed by atoms with Gasteiger partial charge < -0.3 is 4.74 Å². The summed E-state index contributed by atoms with van der Waals surface area (Å²) in [5.74, 6) is -0.689. The van der Waals surface area contributed by atoms with Gasteiger partial charge in [-0.1, -0.05) is 61.5 Å². The largest absolute Gasteiger partial charge is 0.454 e. The number of rotatable bonds is 5. The van der Waals surface area contributed by atoms with Crippen LogP contribution < -0.4 is 0 Å². The van der Waals surface area contributed by atoms with Crippen LogP contribution in [0.1, 0.15) is 33.2 Å². The van der Waals surface area contributed by atoms with E-state index < -0.39 is 5.97 Å². The Kier molecular flexibility index (Phi) is 4.71. The second kappa shape index (κ2) is 7.09. The van der Waals surface area contributed by atoms with Gasteiger partial charge in [-0.05, 0) is 34.9 Å². The smallest absolute Gasteiger partial charge is 0.338 e. The third-order valence-corrected chi connectivity index (χ3v) is 4.00. The first-order chi connectivity index (χ1) is 11.7. The molecule has 0 N–H and O–H groups in total. The van der Waals surface area contributed by atoms with Crippen molar-refractivity contribution in [2.45, 2.75) is 13.3 Å². The first-order valence-corrected chi connectivity index (χ1v) is 7.95. The summed E-state index contributed by atoms with van der Waals surface area (Å²) in [5.41, 5.74) is 2.17. The summed E-state index contributed by atoms with van der Waals surface area (Å²) in [4.78, 5) is 24.3. The number of hydrogen-bond donors (Lipinski definition) is 0. The van der Waals surface area contributed by atoms with E-state index in [1.165, 1.54) is 5.56 Å². The predicted octanol–water partition coefficient (Wildman–Crippen LogP) is 4.44. The Hall–Kier alpha value is -2.94. The summed E-state index contributed by atoms with van der Waals surface area (Å²) in [6, 6.07) is 20.5. The molecule has 0 aliphatic carbocycles. The van der Waals surface area contributed by atoms with Gasteiger partial charge in [0.15, 0.2) is 12.4 Å². The lowest BCUT2D eigenvalue weighted by atomic mass is 10.1. The molecule has 0 unspecified atom stereocenters. The monoisotopic (exact) mass is 318 g/mol. The Morgan fingerprint density at radius 1 is 0.833 bits per heavy atom. The van der Waals surface area contributed by atoms with Gasteiger partial charge in [0, 0.05) is 5.56 Å². The first kappa shape index (κ1) is 15.9. The molecule has 0 radical (unpaired) electrons. The third-order valence-electron chi connectivity index (χ3n) is 4.00. The van der Waals surface area contributed by atoms with Crippen molar-refractivity contribution < 1.29 is 14.3 Å². The lowest BCUT2D eigenvalue weighted by Crippen LogP contribution is -2.14. The standard InChI is InChI=1S/C21H18O3/c1-2-15-7-9-17(10-8-15)20(22)14-24-21(23)19-12-11-16-5-3-4-6-18(16)13-19/h3-13H,2,14H2,1H3. The number of fused-ring (bicyclic) bond motifs is 1. The number of esters is 1. The minimum absolute atomic E-state index is 0.202. The van der Waals surface area contributed by atoms with Crippen LogP contribution in [0.5, 0.6) is 0 Å². The summed E-state index contributed by atoms with van der Waals surface area (Å²) in [7, 11) is 0. The van der Waals surface area contributed by atoms with Crippen molar-refractivity contribution in [1.82, 2.24) is 0 Å². The van der Waals surface area contributed by atoms with Crippen LogP contribution in [0.4, 0.5) is 0 Å². The summed E-state index contributed by atoms with van der Waals surface area (Å²) in [6.07, 6.45) is 0.922.